The first-order chi connectivity index (χ1) is 6.27. The topological polar surface area (TPSA) is 51.8 Å². The second kappa shape index (κ2) is 3.32. The molecule has 0 spiro atoms. The molecular weight excluding hydrogens is 213 g/mol. The Morgan fingerprint density at radius 1 is 1.31 bits per heavy atom. The molecular formula is C7H3Cl2N3O. The molecule has 13 heavy (non-hydrogen) atoms. The summed E-state index contributed by atoms with van der Waals surface area (Å²) in [6.07, 6.45) is 3.08. The summed E-state index contributed by atoms with van der Waals surface area (Å²) in [7, 11) is 0. The fourth-order valence-corrected chi connectivity index (χ4v) is 1.17. The smallest absolute Gasteiger partial charge is 0.264 e. The van der Waals surface area contributed by atoms with Gasteiger partial charge < -0.3 is 4.52 Å². The van der Waals surface area contributed by atoms with E-state index in [9.17, 15) is 0 Å². The summed E-state index contributed by atoms with van der Waals surface area (Å²) in [6, 6.07) is 1.67. The third-order valence-electron chi connectivity index (χ3n) is 1.40. The molecule has 0 aliphatic rings. The second-order valence-corrected chi connectivity index (χ2v) is 2.97. The van der Waals surface area contributed by atoms with Crippen LogP contribution in [-0.2, 0) is 0 Å². The van der Waals surface area contributed by atoms with Crippen molar-refractivity contribution in [2.24, 2.45) is 0 Å². The molecule has 0 amide bonds. The highest BCUT2D eigenvalue weighted by Crippen LogP contribution is 2.25. The number of rotatable bonds is 1. The highest BCUT2D eigenvalue weighted by atomic mass is 35.5. The lowest BCUT2D eigenvalue weighted by Crippen LogP contribution is -1.80. The van der Waals surface area contributed by atoms with Gasteiger partial charge in [0, 0.05) is 12.4 Å². The Bertz CT molecular complexity index is 429. The Kier molecular flexibility index (Phi) is 2.16. The van der Waals surface area contributed by atoms with Gasteiger partial charge in [-0.15, -0.1) is 0 Å². The van der Waals surface area contributed by atoms with Gasteiger partial charge in [-0.1, -0.05) is 11.6 Å². The molecule has 0 fully saturated rings. The molecule has 0 radical (unpaired) electrons. The standard InChI is InChI=1S/C7H3Cl2N3O/c8-5-3-10-2-1-4(5)6-11-7(9)12-13-6/h1-3H. The average molecular weight is 216 g/mol. The molecule has 0 aromatic carbocycles. The Morgan fingerprint density at radius 2 is 2.15 bits per heavy atom. The first-order valence-corrected chi connectivity index (χ1v) is 4.12. The van der Waals surface area contributed by atoms with Crippen molar-refractivity contribution in [3.63, 3.8) is 0 Å². The van der Waals surface area contributed by atoms with Gasteiger partial charge in [0.15, 0.2) is 0 Å². The molecule has 4 nitrogen and oxygen atoms in total. The number of nitrogens with zero attached hydrogens (tertiary/aromatic N) is 3. The summed E-state index contributed by atoms with van der Waals surface area (Å²) < 4.78 is 4.83. The zero-order valence-corrected chi connectivity index (χ0v) is 7.75. The minimum atomic E-state index is 0.0582. The summed E-state index contributed by atoms with van der Waals surface area (Å²) in [5, 5.41) is 3.94. The average Bonchev–Trinajstić information content (AvgIpc) is 2.53. The van der Waals surface area contributed by atoms with Gasteiger partial charge in [-0.05, 0) is 22.8 Å². The van der Waals surface area contributed by atoms with Crippen molar-refractivity contribution in [2.75, 3.05) is 0 Å². The lowest BCUT2D eigenvalue weighted by atomic mass is 10.3. The summed E-state index contributed by atoms with van der Waals surface area (Å²) in [5.41, 5.74) is 0.621. The molecule has 66 valence electrons. The number of pyridine rings is 1. The van der Waals surface area contributed by atoms with Gasteiger partial charge in [0.05, 0.1) is 10.6 Å². The summed E-state index contributed by atoms with van der Waals surface area (Å²) in [4.78, 5) is 7.64. The van der Waals surface area contributed by atoms with Crippen molar-refractivity contribution in [1.82, 2.24) is 15.1 Å². The van der Waals surface area contributed by atoms with Gasteiger partial charge in [-0.25, -0.2) is 0 Å². The maximum absolute atomic E-state index is 5.83. The van der Waals surface area contributed by atoms with Gasteiger partial charge in [0.1, 0.15) is 0 Å². The summed E-state index contributed by atoms with van der Waals surface area (Å²) in [6.45, 7) is 0. The Balaban J connectivity index is 2.52. The zero-order chi connectivity index (χ0) is 9.26. The molecule has 2 aromatic heterocycles. The van der Waals surface area contributed by atoms with Crippen LogP contribution in [0.1, 0.15) is 0 Å². The van der Waals surface area contributed by atoms with Crippen LogP contribution in [0.15, 0.2) is 23.0 Å². The Hall–Kier alpha value is -1.13. The monoisotopic (exact) mass is 215 g/mol. The molecule has 0 saturated heterocycles. The number of hydrogen-bond acceptors (Lipinski definition) is 4. The Labute approximate surface area is 83.5 Å². The van der Waals surface area contributed by atoms with Gasteiger partial charge >= 0.3 is 0 Å². The molecule has 0 aliphatic heterocycles. The molecule has 2 rings (SSSR count). The first-order valence-electron chi connectivity index (χ1n) is 3.36. The van der Waals surface area contributed by atoms with Crippen LogP contribution in [0.3, 0.4) is 0 Å². The van der Waals surface area contributed by atoms with Crippen molar-refractivity contribution in [1.29, 1.82) is 0 Å². The van der Waals surface area contributed by atoms with E-state index in [1.165, 1.54) is 6.20 Å². The van der Waals surface area contributed by atoms with E-state index in [4.69, 9.17) is 27.7 Å². The van der Waals surface area contributed by atoms with E-state index >= 15 is 0 Å². The van der Waals surface area contributed by atoms with E-state index in [0.717, 1.165) is 0 Å². The van der Waals surface area contributed by atoms with Crippen LogP contribution in [0.25, 0.3) is 11.5 Å². The highest BCUT2D eigenvalue weighted by Gasteiger charge is 2.10. The van der Waals surface area contributed by atoms with E-state index in [-0.39, 0.29) is 11.2 Å². The van der Waals surface area contributed by atoms with E-state index in [1.807, 2.05) is 0 Å². The predicted octanol–water partition coefficient (Wildman–Crippen LogP) is 2.44. The molecule has 6 heteroatoms. The van der Waals surface area contributed by atoms with Gasteiger partial charge in [0.25, 0.3) is 11.2 Å². The number of aromatic nitrogens is 3. The summed E-state index contributed by atoms with van der Waals surface area (Å²) >= 11 is 11.3. The largest absolute Gasteiger partial charge is 0.333 e. The van der Waals surface area contributed by atoms with Gasteiger partial charge in [0.2, 0.25) is 0 Å². The van der Waals surface area contributed by atoms with Gasteiger partial charge in [-0.2, -0.15) is 4.98 Å². The van der Waals surface area contributed by atoms with Crippen LogP contribution in [0.4, 0.5) is 0 Å². The zero-order valence-electron chi connectivity index (χ0n) is 6.24. The third kappa shape index (κ3) is 1.64. The van der Waals surface area contributed by atoms with Crippen LogP contribution in [0.2, 0.25) is 10.3 Å². The molecule has 0 saturated carbocycles. The minimum Gasteiger partial charge on any atom is -0.333 e. The predicted molar refractivity (Wildman–Crippen MR) is 47.5 cm³/mol. The molecule has 0 unspecified atom stereocenters. The SMILES string of the molecule is Clc1noc(-c2ccncc2Cl)n1. The van der Waals surface area contributed by atoms with Crippen LogP contribution >= 0.6 is 23.2 Å². The number of halogens is 2. The van der Waals surface area contributed by atoms with E-state index in [1.54, 1.807) is 12.3 Å². The molecule has 0 bridgehead atoms. The molecule has 0 N–H and O–H groups in total. The normalized spacial score (nSPS) is 10.3. The molecule has 0 atom stereocenters. The fraction of sp³-hybridized carbons (Fsp3) is 0. The van der Waals surface area contributed by atoms with E-state index < -0.39 is 0 Å². The van der Waals surface area contributed by atoms with Crippen LogP contribution in [0.5, 0.6) is 0 Å². The van der Waals surface area contributed by atoms with Crippen molar-refractivity contribution in [2.45, 2.75) is 0 Å². The highest BCUT2D eigenvalue weighted by molar-refractivity contribution is 6.33. The maximum atomic E-state index is 5.83. The third-order valence-corrected chi connectivity index (χ3v) is 1.86. The van der Waals surface area contributed by atoms with Crippen molar-refractivity contribution in [3.05, 3.63) is 28.8 Å². The Morgan fingerprint density at radius 3 is 2.77 bits per heavy atom. The second-order valence-electron chi connectivity index (χ2n) is 2.22. The van der Waals surface area contributed by atoms with Crippen molar-refractivity contribution >= 4 is 23.2 Å². The van der Waals surface area contributed by atoms with Crippen LogP contribution in [-0.4, -0.2) is 15.1 Å². The maximum Gasteiger partial charge on any atom is 0.264 e. The lowest BCUT2D eigenvalue weighted by molar-refractivity contribution is 0.430. The van der Waals surface area contributed by atoms with Crippen molar-refractivity contribution < 1.29 is 4.52 Å². The molecule has 2 aromatic rings. The molecule has 2 heterocycles. The van der Waals surface area contributed by atoms with E-state index in [2.05, 4.69) is 15.1 Å². The lowest BCUT2D eigenvalue weighted by Gasteiger charge is -1.94. The van der Waals surface area contributed by atoms with Crippen LogP contribution < -0.4 is 0 Å². The molecule has 0 aliphatic carbocycles. The van der Waals surface area contributed by atoms with Gasteiger partial charge in [-0.3, -0.25) is 4.98 Å². The number of hydrogen-bond donors (Lipinski definition) is 0. The quantitative estimate of drug-likeness (QED) is 0.734. The van der Waals surface area contributed by atoms with Crippen LogP contribution in [0, 0.1) is 0 Å². The fourth-order valence-electron chi connectivity index (χ4n) is 0.864. The van der Waals surface area contributed by atoms with E-state index in [0.29, 0.717) is 10.6 Å². The summed E-state index contributed by atoms with van der Waals surface area (Å²) in [5.74, 6) is 0.289. The first kappa shape index (κ1) is 8.47. The van der Waals surface area contributed by atoms with Crippen molar-refractivity contribution in [3.8, 4) is 11.5 Å². The minimum absolute atomic E-state index is 0.0582.